The molecule has 1 rings (SSSR count). The summed E-state index contributed by atoms with van der Waals surface area (Å²) in [4.78, 5) is 0. The molecule has 0 saturated carbocycles. The van der Waals surface area contributed by atoms with Gasteiger partial charge in [-0.05, 0) is 24.6 Å². The predicted molar refractivity (Wildman–Crippen MR) is 59.3 cm³/mol. The highest BCUT2D eigenvalue weighted by molar-refractivity contribution is 5.31. The maximum Gasteiger partial charge on any atom is 0.0991 e. The monoisotopic (exact) mass is 204 g/mol. The topological polar surface area (TPSA) is 45.0 Å². The Morgan fingerprint density at radius 1 is 1.40 bits per heavy atom. The smallest absolute Gasteiger partial charge is 0.0991 e. The van der Waals surface area contributed by atoms with Gasteiger partial charge in [0.25, 0.3) is 0 Å². The number of methoxy groups -OCH3 is 1. The Hall–Kier alpha value is -1.37. The first kappa shape index (κ1) is 11.7. The second kappa shape index (κ2) is 6.18. The van der Waals surface area contributed by atoms with Crippen molar-refractivity contribution in [3.05, 3.63) is 35.4 Å². The van der Waals surface area contributed by atoms with Gasteiger partial charge in [-0.25, -0.2) is 0 Å². The zero-order chi connectivity index (χ0) is 11.1. The molecule has 80 valence electrons. The predicted octanol–water partition coefficient (Wildman–Crippen LogP) is 1.68. The molecule has 0 aromatic heterocycles. The molecule has 1 atom stereocenters. The molecule has 15 heavy (non-hydrogen) atoms. The third kappa shape index (κ3) is 4.11. The molecule has 0 aliphatic rings. The van der Waals surface area contributed by atoms with E-state index in [1.165, 1.54) is 5.56 Å². The van der Waals surface area contributed by atoms with Gasteiger partial charge in [0.2, 0.25) is 0 Å². The molecule has 0 amide bonds. The van der Waals surface area contributed by atoms with Crippen molar-refractivity contribution in [2.75, 3.05) is 13.7 Å². The molecule has 1 aromatic carbocycles. The zero-order valence-electron chi connectivity index (χ0n) is 9.16. The lowest BCUT2D eigenvalue weighted by Gasteiger charge is -2.12. The molecule has 0 aliphatic heterocycles. The van der Waals surface area contributed by atoms with Gasteiger partial charge in [-0.3, -0.25) is 0 Å². The Kier molecular flexibility index (Phi) is 4.82. The molecule has 0 saturated heterocycles. The van der Waals surface area contributed by atoms with Crippen LogP contribution in [0.4, 0.5) is 0 Å². The van der Waals surface area contributed by atoms with Crippen LogP contribution in [0.3, 0.4) is 0 Å². The second-order valence-electron chi connectivity index (χ2n) is 3.55. The average molecular weight is 204 g/mol. The van der Waals surface area contributed by atoms with Crippen molar-refractivity contribution in [1.29, 1.82) is 5.26 Å². The molecule has 0 aliphatic carbocycles. The van der Waals surface area contributed by atoms with Crippen molar-refractivity contribution in [1.82, 2.24) is 5.32 Å². The van der Waals surface area contributed by atoms with Gasteiger partial charge in [0.1, 0.15) is 0 Å². The molecule has 3 heteroatoms. The number of nitriles is 1. The number of benzene rings is 1. The van der Waals surface area contributed by atoms with E-state index in [0.717, 1.165) is 6.54 Å². The van der Waals surface area contributed by atoms with Crippen LogP contribution in [0.2, 0.25) is 0 Å². The van der Waals surface area contributed by atoms with Crippen LogP contribution in [0.5, 0.6) is 0 Å². The molecule has 1 aromatic rings. The van der Waals surface area contributed by atoms with E-state index in [9.17, 15) is 0 Å². The number of ether oxygens (including phenoxy) is 1. The second-order valence-corrected chi connectivity index (χ2v) is 3.55. The largest absolute Gasteiger partial charge is 0.383 e. The highest BCUT2D eigenvalue weighted by atomic mass is 16.5. The lowest BCUT2D eigenvalue weighted by atomic mass is 10.1. The van der Waals surface area contributed by atoms with Crippen LogP contribution in [-0.4, -0.2) is 19.8 Å². The van der Waals surface area contributed by atoms with Crippen molar-refractivity contribution in [2.24, 2.45) is 0 Å². The first-order chi connectivity index (χ1) is 7.26. The first-order valence-electron chi connectivity index (χ1n) is 4.97. The minimum Gasteiger partial charge on any atom is -0.383 e. The molecule has 0 bridgehead atoms. The van der Waals surface area contributed by atoms with E-state index in [4.69, 9.17) is 10.00 Å². The highest BCUT2D eigenvalue weighted by Crippen LogP contribution is 2.03. The molecule has 0 radical (unpaired) electrons. The fourth-order valence-corrected chi connectivity index (χ4v) is 1.30. The van der Waals surface area contributed by atoms with Gasteiger partial charge in [0.15, 0.2) is 0 Å². The van der Waals surface area contributed by atoms with Crippen LogP contribution in [0.25, 0.3) is 0 Å². The van der Waals surface area contributed by atoms with Crippen LogP contribution in [0, 0.1) is 11.3 Å². The van der Waals surface area contributed by atoms with E-state index >= 15 is 0 Å². The molecule has 0 spiro atoms. The number of hydrogen-bond donors (Lipinski definition) is 1. The number of hydrogen-bond acceptors (Lipinski definition) is 3. The third-order valence-corrected chi connectivity index (χ3v) is 2.15. The highest BCUT2D eigenvalue weighted by Gasteiger charge is 2.00. The van der Waals surface area contributed by atoms with Crippen molar-refractivity contribution >= 4 is 0 Å². The van der Waals surface area contributed by atoms with Crippen LogP contribution in [-0.2, 0) is 11.3 Å². The van der Waals surface area contributed by atoms with Gasteiger partial charge in [0, 0.05) is 19.7 Å². The van der Waals surface area contributed by atoms with Gasteiger partial charge >= 0.3 is 0 Å². The summed E-state index contributed by atoms with van der Waals surface area (Å²) >= 11 is 0. The Balaban J connectivity index is 2.41. The molecule has 1 unspecified atom stereocenters. The van der Waals surface area contributed by atoms with Crippen molar-refractivity contribution in [2.45, 2.75) is 19.5 Å². The molecular formula is C12H16N2O. The van der Waals surface area contributed by atoms with Gasteiger partial charge in [-0.2, -0.15) is 5.26 Å². The summed E-state index contributed by atoms with van der Waals surface area (Å²) < 4.78 is 5.02. The Bertz CT molecular complexity index is 326. The fraction of sp³-hybridized carbons (Fsp3) is 0.417. The van der Waals surface area contributed by atoms with E-state index in [0.29, 0.717) is 18.2 Å². The van der Waals surface area contributed by atoms with Gasteiger partial charge in [-0.1, -0.05) is 12.1 Å². The number of rotatable bonds is 5. The standard InChI is InChI=1S/C12H16N2O/c1-10(9-15-2)14-8-12-5-3-11(7-13)4-6-12/h3-6,10,14H,8-9H2,1-2H3. The average Bonchev–Trinajstić information content (AvgIpc) is 2.27. The van der Waals surface area contributed by atoms with Crippen molar-refractivity contribution < 1.29 is 4.74 Å². The summed E-state index contributed by atoms with van der Waals surface area (Å²) in [5.41, 5.74) is 1.88. The maximum atomic E-state index is 8.63. The van der Waals surface area contributed by atoms with Gasteiger partial charge < -0.3 is 10.1 Å². The Labute approximate surface area is 90.7 Å². The van der Waals surface area contributed by atoms with Crippen LogP contribution in [0.1, 0.15) is 18.1 Å². The van der Waals surface area contributed by atoms with Crippen LogP contribution in [0.15, 0.2) is 24.3 Å². The SMILES string of the molecule is COCC(C)NCc1ccc(C#N)cc1. The summed E-state index contributed by atoms with van der Waals surface area (Å²) in [6.45, 7) is 3.58. The van der Waals surface area contributed by atoms with Crippen LogP contribution >= 0.6 is 0 Å². The molecule has 0 heterocycles. The molecule has 0 fully saturated rings. The minimum absolute atomic E-state index is 0.339. The van der Waals surface area contributed by atoms with Crippen molar-refractivity contribution in [3.63, 3.8) is 0 Å². The summed E-state index contributed by atoms with van der Waals surface area (Å²) in [6, 6.07) is 10.0. The summed E-state index contributed by atoms with van der Waals surface area (Å²) in [5.74, 6) is 0. The lowest BCUT2D eigenvalue weighted by molar-refractivity contribution is 0.171. The van der Waals surface area contributed by atoms with E-state index in [2.05, 4.69) is 18.3 Å². The lowest BCUT2D eigenvalue weighted by Crippen LogP contribution is -2.29. The van der Waals surface area contributed by atoms with E-state index in [1.54, 1.807) is 7.11 Å². The maximum absolute atomic E-state index is 8.63. The molecule has 1 N–H and O–H groups in total. The molecule has 3 nitrogen and oxygen atoms in total. The normalized spacial score (nSPS) is 12.1. The van der Waals surface area contributed by atoms with Gasteiger partial charge in [-0.15, -0.1) is 0 Å². The van der Waals surface area contributed by atoms with E-state index in [1.807, 2.05) is 24.3 Å². The van der Waals surface area contributed by atoms with Crippen molar-refractivity contribution in [3.8, 4) is 6.07 Å². The summed E-state index contributed by atoms with van der Waals surface area (Å²) in [5, 5.41) is 12.0. The Morgan fingerprint density at radius 3 is 2.60 bits per heavy atom. The number of nitrogens with one attached hydrogen (secondary N) is 1. The Morgan fingerprint density at radius 2 is 2.07 bits per heavy atom. The van der Waals surface area contributed by atoms with E-state index in [-0.39, 0.29) is 0 Å². The summed E-state index contributed by atoms with van der Waals surface area (Å²) in [7, 11) is 1.69. The fourth-order valence-electron chi connectivity index (χ4n) is 1.30. The van der Waals surface area contributed by atoms with Gasteiger partial charge in [0.05, 0.1) is 18.2 Å². The van der Waals surface area contributed by atoms with Crippen LogP contribution < -0.4 is 5.32 Å². The zero-order valence-corrected chi connectivity index (χ0v) is 9.16. The summed E-state index contributed by atoms with van der Waals surface area (Å²) in [6.07, 6.45) is 0. The first-order valence-corrected chi connectivity index (χ1v) is 4.97. The third-order valence-electron chi connectivity index (χ3n) is 2.15. The minimum atomic E-state index is 0.339. The molecular weight excluding hydrogens is 188 g/mol. The van der Waals surface area contributed by atoms with E-state index < -0.39 is 0 Å². The quantitative estimate of drug-likeness (QED) is 0.793. The number of nitrogens with zero attached hydrogens (tertiary/aromatic N) is 1.